The normalized spacial score (nSPS) is 19.6. The van der Waals surface area contributed by atoms with E-state index >= 15 is 0 Å². The van der Waals surface area contributed by atoms with Crippen molar-refractivity contribution in [3.63, 3.8) is 0 Å². The highest BCUT2D eigenvalue weighted by molar-refractivity contribution is 8.00. The summed E-state index contributed by atoms with van der Waals surface area (Å²) in [4.78, 5) is 35.2. The Hall–Kier alpha value is -2.03. The number of ether oxygens (including phenoxy) is 1. The number of amides is 2. The van der Waals surface area contributed by atoms with E-state index in [0.29, 0.717) is 17.5 Å². The molecule has 1 fully saturated rings. The highest BCUT2D eigenvalue weighted by Crippen LogP contribution is 2.23. The second-order valence-corrected chi connectivity index (χ2v) is 7.45. The Kier molecular flexibility index (Phi) is 7.96. The third kappa shape index (κ3) is 7.07. The Labute approximate surface area is 156 Å². The summed E-state index contributed by atoms with van der Waals surface area (Å²) in [5.74, 6) is 0.367. The Balaban J connectivity index is 1.56. The zero-order chi connectivity index (χ0) is 18.9. The first-order chi connectivity index (χ1) is 12.4. The number of nitrogens with one attached hydrogen (secondary N) is 2. The minimum atomic E-state index is -0.521. The molecule has 0 saturated heterocycles. The molecule has 1 heterocycles. The van der Waals surface area contributed by atoms with Gasteiger partial charge in [-0.2, -0.15) is 0 Å². The largest absolute Gasteiger partial charge is 0.455 e. The molecule has 0 unspecified atom stereocenters. The first-order valence-corrected chi connectivity index (χ1v) is 9.85. The van der Waals surface area contributed by atoms with Crippen LogP contribution in [0.15, 0.2) is 10.6 Å². The molecule has 1 aromatic rings. The number of thioether (sulfide) groups is 1. The molecule has 0 bridgehead atoms. The predicted molar refractivity (Wildman–Crippen MR) is 97.7 cm³/mol. The van der Waals surface area contributed by atoms with E-state index in [1.54, 1.807) is 13.0 Å². The van der Waals surface area contributed by atoms with Gasteiger partial charge in [-0.15, -0.1) is 11.8 Å². The third-order valence-corrected chi connectivity index (χ3v) is 5.08. The van der Waals surface area contributed by atoms with Gasteiger partial charge in [0.15, 0.2) is 12.4 Å². The zero-order valence-electron chi connectivity index (χ0n) is 15.1. The number of hydrogen-bond donors (Lipinski definition) is 2. The summed E-state index contributed by atoms with van der Waals surface area (Å²) in [6.45, 7) is 3.56. The van der Waals surface area contributed by atoms with Gasteiger partial charge in [0.1, 0.15) is 5.76 Å². The number of anilines is 1. The lowest BCUT2D eigenvalue weighted by Crippen LogP contribution is -2.43. The molecule has 0 spiro atoms. The summed E-state index contributed by atoms with van der Waals surface area (Å²) >= 11 is 1.11. The molecular weight excluding hydrogens is 358 g/mol. The second kappa shape index (κ2) is 10.2. The molecule has 0 aliphatic heterocycles. The van der Waals surface area contributed by atoms with Crippen molar-refractivity contribution < 1.29 is 23.6 Å². The summed E-state index contributed by atoms with van der Waals surface area (Å²) in [6, 6.07) is 1.76. The fraction of sp³-hybridized carbons (Fsp3) is 0.647. The summed E-state index contributed by atoms with van der Waals surface area (Å²) in [5, 5.41) is 9.13. The lowest BCUT2D eigenvalue weighted by molar-refractivity contribution is -0.146. The van der Waals surface area contributed by atoms with E-state index in [9.17, 15) is 14.4 Å². The number of aryl methyl sites for hydroxylation is 1. The van der Waals surface area contributed by atoms with Gasteiger partial charge >= 0.3 is 5.97 Å². The van der Waals surface area contributed by atoms with E-state index in [1.165, 1.54) is 6.42 Å². The number of aromatic nitrogens is 1. The quantitative estimate of drug-likeness (QED) is 0.660. The predicted octanol–water partition coefficient (Wildman–Crippen LogP) is 1.89. The molecule has 2 rings (SSSR count). The van der Waals surface area contributed by atoms with Crippen LogP contribution in [-0.4, -0.2) is 47.1 Å². The number of esters is 1. The maximum atomic E-state index is 11.9. The number of hydrogen-bond acceptors (Lipinski definition) is 7. The van der Waals surface area contributed by atoms with Gasteiger partial charge in [0.2, 0.25) is 5.91 Å². The van der Waals surface area contributed by atoms with Gasteiger partial charge in [-0.3, -0.25) is 14.4 Å². The number of nitrogens with zero attached hydrogens (tertiary/aromatic N) is 1. The van der Waals surface area contributed by atoms with Gasteiger partial charge in [-0.25, -0.2) is 0 Å². The van der Waals surface area contributed by atoms with Crippen LogP contribution in [0.3, 0.4) is 0 Å². The summed E-state index contributed by atoms with van der Waals surface area (Å²) < 4.78 is 9.79. The standard InChI is InChI=1S/C17H25N3O5S/c1-11-5-3-4-6-13(11)18-15(21)8-24-17(23)10-26-9-16(22)19-14-7-12(2)25-20-14/h7,11,13H,3-6,8-10H2,1-2H3,(H,18,21)(H,19,20,22)/t11-,13-/m1/s1. The van der Waals surface area contributed by atoms with Gasteiger partial charge in [-0.05, 0) is 25.7 Å². The van der Waals surface area contributed by atoms with Gasteiger partial charge in [-0.1, -0.05) is 24.9 Å². The average Bonchev–Trinajstić information content (AvgIpc) is 3.00. The van der Waals surface area contributed by atoms with Crippen molar-refractivity contribution in [2.24, 2.45) is 5.92 Å². The van der Waals surface area contributed by atoms with Crippen molar-refractivity contribution in [3.8, 4) is 0 Å². The van der Waals surface area contributed by atoms with E-state index in [4.69, 9.17) is 9.26 Å². The van der Waals surface area contributed by atoms with Crippen LogP contribution in [0, 0.1) is 12.8 Å². The van der Waals surface area contributed by atoms with Crippen LogP contribution in [0.5, 0.6) is 0 Å². The molecule has 0 aromatic carbocycles. The maximum Gasteiger partial charge on any atom is 0.316 e. The number of rotatable bonds is 8. The minimum absolute atomic E-state index is 0.00161. The SMILES string of the molecule is Cc1cc(NC(=O)CSCC(=O)OCC(=O)N[C@@H]2CCCC[C@H]2C)no1. The van der Waals surface area contributed by atoms with E-state index < -0.39 is 5.97 Å². The molecule has 1 aliphatic carbocycles. The van der Waals surface area contributed by atoms with Crippen molar-refractivity contribution in [2.45, 2.75) is 45.6 Å². The molecule has 1 aliphatic rings. The highest BCUT2D eigenvalue weighted by Gasteiger charge is 2.23. The summed E-state index contributed by atoms with van der Waals surface area (Å²) in [6.07, 6.45) is 4.39. The fourth-order valence-corrected chi connectivity index (χ4v) is 3.41. The molecule has 9 heteroatoms. The lowest BCUT2D eigenvalue weighted by Gasteiger charge is -2.29. The molecule has 2 amide bonds. The van der Waals surface area contributed by atoms with E-state index in [-0.39, 0.29) is 36.0 Å². The Morgan fingerprint density at radius 2 is 2.04 bits per heavy atom. The van der Waals surface area contributed by atoms with Crippen LogP contribution in [0.25, 0.3) is 0 Å². The topological polar surface area (TPSA) is 111 Å². The molecule has 8 nitrogen and oxygen atoms in total. The van der Waals surface area contributed by atoms with Crippen LogP contribution in [0.4, 0.5) is 5.82 Å². The van der Waals surface area contributed by atoms with Crippen molar-refractivity contribution in [1.82, 2.24) is 10.5 Å². The van der Waals surface area contributed by atoms with Crippen LogP contribution >= 0.6 is 11.8 Å². The van der Waals surface area contributed by atoms with Crippen LogP contribution in [-0.2, 0) is 19.1 Å². The maximum absolute atomic E-state index is 11.9. The van der Waals surface area contributed by atoms with E-state index in [0.717, 1.165) is 31.0 Å². The van der Waals surface area contributed by atoms with E-state index in [1.807, 2.05) is 0 Å². The van der Waals surface area contributed by atoms with Crippen LogP contribution in [0.2, 0.25) is 0 Å². The summed E-state index contributed by atoms with van der Waals surface area (Å²) in [5.41, 5.74) is 0. The Bertz CT molecular complexity index is 634. The Morgan fingerprint density at radius 3 is 2.73 bits per heavy atom. The molecule has 2 N–H and O–H groups in total. The highest BCUT2D eigenvalue weighted by atomic mass is 32.2. The third-order valence-electron chi connectivity index (χ3n) is 4.17. The van der Waals surface area contributed by atoms with Gasteiger partial charge in [0.05, 0.1) is 11.5 Å². The fourth-order valence-electron chi connectivity index (χ4n) is 2.80. The van der Waals surface area contributed by atoms with Crippen molar-refractivity contribution in [3.05, 3.63) is 11.8 Å². The monoisotopic (exact) mass is 383 g/mol. The molecule has 26 heavy (non-hydrogen) atoms. The summed E-state index contributed by atoms with van der Waals surface area (Å²) in [7, 11) is 0. The molecule has 2 atom stereocenters. The molecular formula is C17H25N3O5S. The van der Waals surface area contributed by atoms with Crippen molar-refractivity contribution in [2.75, 3.05) is 23.4 Å². The molecule has 1 aromatic heterocycles. The van der Waals surface area contributed by atoms with Crippen LogP contribution < -0.4 is 10.6 Å². The number of carbonyl (C=O) groups is 3. The van der Waals surface area contributed by atoms with Gasteiger partial charge in [0, 0.05) is 12.1 Å². The van der Waals surface area contributed by atoms with Crippen LogP contribution in [0.1, 0.15) is 38.4 Å². The van der Waals surface area contributed by atoms with Gasteiger partial charge < -0.3 is 19.9 Å². The Morgan fingerprint density at radius 1 is 1.27 bits per heavy atom. The molecule has 144 valence electrons. The van der Waals surface area contributed by atoms with Crippen molar-refractivity contribution in [1.29, 1.82) is 0 Å². The van der Waals surface area contributed by atoms with E-state index in [2.05, 4.69) is 22.7 Å². The average molecular weight is 383 g/mol. The molecule has 0 radical (unpaired) electrons. The number of carbonyl (C=O) groups excluding carboxylic acids is 3. The lowest BCUT2D eigenvalue weighted by atomic mass is 9.86. The first-order valence-electron chi connectivity index (χ1n) is 8.70. The minimum Gasteiger partial charge on any atom is -0.455 e. The van der Waals surface area contributed by atoms with Crippen molar-refractivity contribution >= 4 is 35.4 Å². The zero-order valence-corrected chi connectivity index (χ0v) is 15.9. The second-order valence-electron chi connectivity index (χ2n) is 6.46. The molecule has 1 saturated carbocycles. The van der Waals surface area contributed by atoms with Gasteiger partial charge in [0.25, 0.3) is 5.91 Å². The first kappa shape index (κ1) is 20.3. The smallest absolute Gasteiger partial charge is 0.316 e.